The van der Waals surface area contributed by atoms with E-state index >= 15 is 0 Å². The lowest BCUT2D eigenvalue weighted by molar-refractivity contribution is 0.208. The molecule has 3 saturated carbocycles. The molecular formula is C12H20. The summed E-state index contributed by atoms with van der Waals surface area (Å²) in [4.78, 5) is 0. The van der Waals surface area contributed by atoms with Gasteiger partial charge in [0.25, 0.3) is 0 Å². The Hall–Kier alpha value is 0. The summed E-state index contributed by atoms with van der Waals surface area (Å²) in [6, 6.07) is 0. The molecule has 0 aliphatic heterocycles. The van der Waals surface area contributed by atoms with Crippen LogP contribution in [0.15, 0.2) is 0 Å². The van der Waals surface area contributed by atoms with E-state index in [1.54, 1.807) is 32.1 Å². The van der Waals surface area contributed by atoms with Gasteiger partial charge in [-0.05, 0) is 61.7 Å². The lowest BCUT2D eigenvalue weighted by Gasteiger charge is -2.28. The second-order valence-corrected chi connectivity index (χ2v) is 5.32. The minimum atomic E-state index is 1.13. The summed E-state index contributed by atoms with van der Waals surface area (Å²) < 4.78 is 0. The summed E-state index contributed by atoms with van der Waals surface area (Å²) in [7, 11) is 0. The molecule has 3 fully saturated rings. The van der Waals surface area contributed by atoms with Crippen molar-refractivity contribution in [1.29, 1.82) is 0 Å². The molecule has 0 aromatic heterocycles. The first-order valence-electron chi connectivity index (χ1n) is 5.90. The monoisotopic (exact) mass is 164 g/mol. The molecule has 0 aromatic rings. The molecule has 2 bridgehead atoms. The molecule has 12 heavy (non-hydrogen) atoms. The molecule has 68 valence electrons. The Bertz CT molecular complexity index is 182. The van der Waals surface area contributed by atoms with Gasteiger partial charge < -0.3 is 0 Å². The topological polar surface area (TPSA) is 0 Å². The minimum Gasteiger partial charge on any atom is -0.0651 e. The Morgan fingerprint density at radius 1 is 1.00 bits per heavy atom. The van der Waals surface area contributed by atoms with Gasteiger partial charge >= 0.3 is 0 Å². The average molecular weight is 164 g/mol. The molecule has 0 N–H and O–H groups in total. The summed E-state index contributed by atoms with van der Waals surface area (Å²) in [5.74, 6) is 5.86. The zero-order chi connectivity index (χ0) is 8.13. The first kappa shape index (κ1) is 7.41. The largest absolute Gasteiger partial charge is 0.0651 e. The van der Waals surface area contributed by atoms with E-state index in [9.17, 15) is 0 Å². The van der Waals surface area contributed by atoms with E-state index in [0.717, 1.165) is 5.92 Å². The number of fused-ring (bicyclic) bond motifs is 5. The Labute approximate surface area is 75.7 Å². The maximum Gasteiger partial charge on any atom is -0.0326 e. The molecule has 0 spiro atoms. The van der Waals surface area contributed by atoms with Crippen molar-refractivity contribution in [2.45, 2.75) is 45.4 Å². The van der Waals surface area contributed by atoms with Crippen molar-refractivity contribution in [1.82, 2.24) is 0 Å². The van der Waals surface area contributed by atoms with Crippen LogP contribution in [0.1, 0.15) is 45.4 Å². The molecular weight excluding hydrogens is 144 g/mol. The van der Waals surface area contributed by atoms with E-state index < -0.39 is 0 Å². The van der Waals surface area contributed by atoms with E-state index in [-0.39, 0.29) is 0 Å². The molecule has 3 aliphatic rings. The van der Waals surface area contributed by atoms with Crippen molar-refractivity contribution >= 4 is 0 Å². The van der Waals surface area contributed by atoms with Crippen LogP contribution in [0.25, 0.3) is 0 Å². The number of hydrogen-bond donors (Lipinski definition) is 0. The highest BCUT2D eigenvalue weighted by Gasteiger charge is 2.52. The minimum absolute atomic E-state index is 1.13. The van der Waals surface area contributed by atoms with Crippen molar-refractivity contribution in [3.63, 3.8) is 0 Å². The van der Waals surface area contributed by atoms with Crippen LogP contribution in [0, 0.1) is 29.6 Å². The first-order valence-corrected chi connectivity index (χ1v) is 5.90. The summed E-state index contributed by atoms with van der Waals surface area (Å²) in [6.45, 7) is 2.40. The first-order chi connectivity index (χ1) is 5.90. The normalized spacial score (nSPS) is 56.2. The summed E-state index contributed by atoms with van der Waals surface area (Å²) >= 11 is 0. The molecule has 0 aromatic carbocycles. The molecule has 5 unspecified atom stereocenters. The number of rotatable bonds is 1. The van der Waals surface area contributed by atoms with Crippen LogP contribution >= 0.6 is 0 Å². The van der Waals surface area contributed by atoms with Gasteiger partial charge in [0.1, 0.15) is 0 Å². The molecule has 3 rings (SSSR count). The molecule has 0 amide bonds. The summed E-state index contributed by atoms with van der Waals surface area (Å²) in [6.07, 6.45) is 9.41. The zero-order valence-electron chi connectivity index (χ0n) is 8.13. The Kier molecular flexibility index (Phi) is 1.54. The predicted octanol–water partition coefficient (Wildman–Crippen LogP) is 3.47. The van der Waals surface area contributed by atoms with E-state index in [4.69, 9.17) is 0 Å². The second kappa shape index (κ2) is 2.49. The fraction of sp³-hybridized carbons (Fsp3) is 1.00. The van der Waals surface area contributed by atoms with Crippen LogP contribution in [0.3, 0.4) is 0 Å². The maximum absolute atomic E-state index is 2.40. The lowest BCUT2D eigenvalue weighted by atomic mass is 9.77. The van der Waals surface area contributed by atoms with Crippen LogP contribution in [0.2, 0.25) is 0 Å². The fourth-order valence-electron chi connectivity index (χ4n) is 4.69. The van der Waals surface area contributed by atoms with Crippen LogP contribution in [0.5, 0.6) is 0 Å². The third-order valence-electron chi connectivity index (χ3n) is 5.10. The molecule has 0 heteroatoms. The summed E-state index contributed by atoms with van der Waals surface area (Å²) in [5, 5.41) is 0. The van der Waals surface area contributed by atoms with Crippen molar-refractivity contribution in [2.75, 3.05) is 0 Å². The van der Waals surface area contributed by atoms with E-state index in [1.807, 2.05) is 0 Å². The summed E-state index contributed by atoms with van der Waals surface area (Å²) in [5.41, 5.74) is 0. The van der Waals surface area contributed by atoms with Gasteiger partial charge in [-0.1, -0.05) is 13.3 Å². The standard InChI is InChI=1S/C12H20/c1-2-8-5-6-11-9-3-4-10(7-9)12(8)11/h8-12H,2-7H2,1H3. The van der Waals surface area contributed by atoms with Gasteiger partial charge in [-0.3, -0.25) is 0 Å². The fourth-order valence-corrected chi connectivity index (χ4v) is 4.69. The molecule has 0 heterocycles. The highest BCUT2D eigenvalue weighted by molar-refractivity contribution is 5.01. The van der Waals surface area contributed by atoms with Crippen LogP contribution in [-0.2, 0) is 0 Å². The van der Waals surface area contributed by atoms with Crippen LogP contribution < -0.4 is 0 Å². The average Bonchev–Trinajstić information content (AvgIpc) is 2.76. The van der Waals surface area contributed by atoms with Crippen molar-refractivity contribution in [3.8, 4) is 0 Å². The molecule has 0 radical (unpaired) electrons. The smallest absolute Gasteiger partial charge is 0.0326 e. The molecule has 0 nitrogen and oxygen atoms in total. The number of hydrogen-bond acceptors (Lipinski definition) is 0. The van der Waals surface area contributed by atoms with Gasteiger partial charge in [0.15, 0.2) is 0 Å². The van der Waals surface area contributed by atoms with Crippen LogP contribution in [-0.4, -0.2) is 0 Å². The highest BCUT2D eigenvalue weighted by atomic mass is 14.6. The third-order valence-corrected chi connectivity index (χ3v) is 5.10. The Morgan fingerprint density at radius 2 is 1.83 bits per heavy atom. The van der Waals surface area contributed by atoms with Gasteiger partial charge in [-0.15, -0.1) is 0 Å². The van der Waals surface area contributed by atoms with Gasteiger partial charge in [-0.25, -0.2) is 0 Å². The van der Waals surface area contributed by atoms with Crippen molar-refractivity contribution in [2.24, 2.45) is 29.6 Å². The second-order valence-electron chi connectivity index (χ2n) is 5.32. The zero-order valence-corrected chi connectivity index (χ0v) is 8.13. The SMILES string of the molecule is CCC1CCC2C3CCC(C3)C12. The quantitative estimate of drug-likeness (QED) is 0.556. The van der Waals surface area contributed by atoms with Gasteiger partial charge in [0.05, 0.1) is 0 Å². The van der Waals surface area contributed by atoms with Crippen molar-refractivity contribution < 1.29 is 0 Å². The molecule has 0 saturated heterocycles. The lowest BCUT2D eigenvalue weighted by Crippen LogP contribution is -2.21. The predicted molar refractivity (Wildman–Crippen MR) is 50.8 cm³/mol. The van der Waals surface area contributed by atoms with Gasteiger partial charge in [-0.2, -0.15) is 0 Å². The van der Waals surface area contributed by atoms with Crippen molar-refractivity contribution in [3.05, 3.63) is 0 Å². The Morgan fingerprint density at radius 3 is 2.67 bits per heavy atom. The highest BCUT2D eigenvalue weighted by Crippen LogP contribution is 2.61. The molecule has 5 atom stereocenters. The van der Waals surface area contributed by atoms with E-state index in [2.05, 4.69) is 6.92 Å². The van der Waals surface area contributed by atoms with E-state index in [1.165, 1.54) is 30.1 Å². The maximum atomic E-state index is 2.40. The Balaban J connectivity index is 1.85. The third kappa shape index (κ3) is 0.791. The van der Waals surface area contributed by atoms with E-state index in [0.29, 0.717) is 0 Å². The van der Waals surface area contributed by atoms with Gasteiger partial charge in [0, 0.05) is 0 Å². The molecule has 3 aliphatic carbocycles. The van der Waals surface area contributed by atoms with Crippen LogP contribution in [0.4, 0.5) is 0 Å². The van der Waals surface area contributed by atoms with Gasteiger partial charge in [0.2, 0.25) is 0 Å².